The van der Waals surface area contributed by atoms with Crippen molar-refractivity contribution < 1.29 is 14.6 Å². The zero-order chi connectivity index (χ0) is 21.3. The number of pyridine rings is 1. The van der Waals surface area contributed by atoms with Crippen molar-refractivity contribution in [2.75, 3.05) is 7.11 Å². The lowest BCUT2D eigenvalue weighted by atomic mass is 9.95. The van der Waals surface area contributed by atoms with E-state index in [4.69, 9.17) is 4.74 Å². The van der Waals surface area contributed by atoms with Gasteiger partial charge in [0.25, 0.3) is 0 Å². The van der Waals surface area contributed by atoms with Crippen LogP contribution in [0, 0.1) is 0 Å². The van der Waals surface area contributed by atoms with E-state index >= 15 is 0 Å². The number of nitrogens with zero attached hydrogens (tertiary/aromatic N) is 3. The second kappa shape index (κ2) is 7.87. The highest BCUT2D eigenvalue weighted by Gasteiger charge is 2.23. The topological polar surface area (TPSA) is 86.4 Å². The fourth-order valence-electron chi connectivity index (χ4n) is 3.81. The average Bonchev–Trinajstić information content (AvgIpc) is 3.29. The molecule has 0 radical (unpaired) electrons. The van der Waals surface area contributed by atoms with Crippen molar-refractivity contribution in [3.63, 3.8) is 0 Å². The van der Waals surface area contributed by atoms with E-state index in [-0.39, 0.29) is 11.6 Å². The third kappa shape index (κ3) is 3.24. The minimum absolute atomic E-state index is 0.229. The van der Waals surface area contributed by atoms with Gasteiger partial charge >= 0.3 is 5.97 Å². The van der Waals surface area contributed by atoms with Gasteiger partial charge in [0.05, 0.1) is 30.4 Å². The number of aryl methyl sites for hydroxylation is 1. The summed E-state index contributed by atoms with van der Waals surface area (Å²) in [5, 5.41) is 9.75. The maximum absolute atomic E-state index is 12.8. The molecule has 1 unspecified atom stereocenters. The highest BCUT2D eigenvalue weighted by molar-refractivity contribution is 5.93. The minimum atomic E-state index is -1.24. The van der Waals surface area contributed by atoms with Crippen molar-refractivity contribution in [2.45, 2.75) is 19.5 Å². The first kappa shape index (κ1) is 19.4. The molecule has 0 saturated heterocycles. The number of rotatable bonds is 6. The summed E-state index contributed by atoms with van der Waals surface area (Å²) in [6.07, 6.45) is 6.73. The van der Waals surface area contributed by atoms with E-state index in [0.29, 0.717) is 23.2 Å². The van der Waals surface area contributed by atoms with Gasteiger partial charge in [-0.1, -0.05) is 30.3 Å². The lowest BCUT2D eigenvalue weighted by molar-refractivity contribution is 0.0695. The summed E-state index contributed by atoms with van der Waals surface area (Å²) in [5.74, 6) is -0.736. The second-order valence-corrected chi connectivity index (χ2v) is 6.90. The summed E-state index contributed by atoms with van der Waals surface area (Å²) in [6.45, 7) is 2.42. The van der Waals surface area contributed by atoms with Crippen LogP contribution in [-0.2, 0) is 6.54 Å². The Bertz CT molecular complexity index is 1260. The van der Waals surface area contributed by atoms with Crippen molar-refractivity contribution in [1.29, 1.82) is 0 Å². The Morgan fingerprint density at radius 2 is 2.00 bits per heavy atom. The number of hydrogen-bond donors (Lipinski definition) is 1. The fourth-order valence-corrected chi connectivity index (χ4v) is 3.81. The third-order valence-corrected chi connectivity index (χ3v) is 5.24. The molecule has 0 fully saturated rings. The normalized spacial score (nSPS) is 12.1. The first-order chi connectivity index (χ1) is 14.5. The van der Waals surface area contributed by atoms with Crippen LogP contribution in [0.1, 0.15) is 34.5 Å². The Balaban J connectivity index is 2.06. The number of carboxylic acid groups (broad SMARTS) is 1. The predicted molar refractivity (Wildman–Crippen MR) is 113 cm³/mol. The van der Waals surface area contributed by atoms with Crippen LogP contribution in [0.15, 0.2) is 72.2 Å². The first-order valence-electron chi connectivity index (χ1n) is 9.56. The van der Waals surface area contributed by atoms with Gasteiger partial charge in [-0.3, -0.25) is 4.79 Å². The number of hydrogen-bond acceptors (Lipinski definition) is 4. The third-order valence-electron chi connectivity index (χ3n) is 5.24. The SMILES string of the molecule is CCn1cc(C(=O)O)c(=O)c2cc(OC)c(C(c3ccccc3)n3ccnc3)cc21. The maximum Gasteiger partial charge on any atom is 0.341 e. The van der Waals surface area contributed by atoms with Crippen LogP contribution in [0.3, 0.4) is 0 Å². The summed E-state index contributed by atoms with van der Waals surface area (Å²) < 4.78 is 9.40. The molecule has 0 aliphatic rings. The molecule has 0 aliphatic heterocycles. The van der Waals surface area contributed by atoms with Gasteiger partial charge in [-0.2, -0.15) is 0 Å². The molecule has 7 heteroatoms. The predicted octanol–water partition coefficient (Wildman–Crippen LogP) is 3.56. The molecule has 2 heterocycles. The Labute approximate surface area is 172 Å². The van der Waals surface area contributed by atoms with E-state index in [0.717, 1.165) is 11.1 Å². The molecule has 1 atom stereocenters. The molecule has 30 heavy (non-hydrogen) atoms. The molecule has 2 aromatic heterocycles. The maximum atomic E-state index is 12.8. The number of ether oxygens (including phenoxy) is 1. The zero-order valence-electron chi connectivity index (χ0n) is 16.6. The van der Waals surface area contributed by atoms with Crippen molar-refractivity contribution in [1.82, 2.24) is 14.1 Å². The van der Waals surface area contributed by atoms with Crippen molar-refractivity contribution in [3.8, 4) is 5.75 Å². The number of fused-ring (bicyclic) bond motifs is 1. The smallest absolute Gasteiger partial charge is 0.341 e. The highest BCUT2D eigenvalue weighted by atomic mass is 16.5. The van der Waals surface area contributed by atoms with Crippen LogP contribution in [0.2, 0.25) is 0 Å². The van der Waals surface area contributed by atoms with E-state index in [9.17, 15) is 14.7 Å². The largest absolute Gasteiger partial charge is 0.496 e. The Hall–Kier alpha value is -3.87. The summed E-state index contributed by atoms with van der Waals surface area (Å²) >= 11 is 0. The average molecular weight is 403 g/mol. The zero-order valence-corrected chi connectivity index (χ0v) is 16.6. The number of carboxylic acids is 1. The number of aromatic carboxylic acids is 1. The van der Waals surface area contributed by atoms with Gasteiger partial charge < -0.3 is 19.0 Å². The number of benzene rings is 2. The molecule has 4 rings (SSSR count). The van der Waals surface area contributed by atoms with Gasteiger partial charge in [-0.25, -0.2) is 9.78 Å². The van der Waals surface area contributed by atoms with Crippen LogP contribution < -0.4 is 10.2 Å². The van der Waals surface area contributed by atoms with Crippen molar-refractivity contribution >= 4 is 16.9 Å². The standard InChI is InChI=1S/C23H21N3O4/c1-3-25-13-18(23(28)29)22(27)16-12-20(30-2)17(11-19(16)25)21(26-10-9-24-14-26)15-7-5-4-6-8-15/h4-14,21H,3H2,1-2H3,(H,28,29). The number of aromatic nitrogens is 3. The van der Waals surface area contributed by atoms with E-state index in [2.05, 4.69) is 4.98 Å². The molecular formula is C23H21N3O4. The van der Waals surface area contributed by atoms with Gasteiger partial charge in [0.15, 0.2) is 0 Å². The van der Waals surface area contributed by atoms with Crippen LogP contribution >= 0.6 is 0 Å². The summed E-state index contributed by atoms with van der Waals surface area (Å²) in [5.41, 5.74) is 1.75. The van der Waals surface area contributed by atoms with Gasteiger partial charge in [-0.05, 0) is 24.6 Å². The Kier molecular flexibility index (Phi) is 5.10. The van der Waals surface area contributed by atoms with Crippen LogP contribution in [-0.4, -0.2) is 32.3 Å². The summed E-state index contributed by atoms with van der Waals surface area (Å²) in [6, 6.07) is 13.2. The van der Waals surface area contributed by atoms with Gasteiger partial charge in [0.1, 0.15) is 11.3 Å². The first-order valence-corrected chi connectivity index (χ1v) is 9.56. The molecule has 4 aromatic rings. The summed E-state index contributed by atoms with van der Waals surface area (Å²) in [4.78, 5) is 28.6. The van der Waals surface area contributed by atoms with E-state index in [1.807, 2.05) is 54.1 Å². The monoisotopic (exact) mass is 403 g/mol. The number of carbonyl (C=O) groups is 1. The fraction of sp³-hybridized carbons (Fsp3) is 0.174. The van der Waals surface area contributed by atoms with Crippen molar-refractivity contribution in [3.05, 3.63) is 94.3 Å². The molecule has 0 aliphatic carbocycles. The molecule has 0 bridgehead atoms. The van der Waals surface area contributed by atoms with E-state index in [1.165, 1.54) is 6.20 Å². The van der Waals surface area contributed by atoms with E-state index < -0.39 is 11.4 Å². The molecule has 1 N–H and O–H groups in total. The quantitative estimate of drug-likeness (QED) is 0.532. The van der Waals surface area contributed by atoms with Crippen molar-refractivity contribution in [2.24, 2.45) is 0 Å². The van der Waals surface area contributed by atoms with Crippen LogP contribution in [0.5, 0.6) is 5.75 Å². The molecular weight excluding hydrogens is 382 g/mol. The molecule has 2 aromatic carbocycles. The van der Waals surface area contributed by atoms with Gasteiger partial charge in [0, 0.05) is 30.7 Å². The highest BCUT2D eigenvalue weighted by Crippen LogP contribution is 2.35. The molecule has 0 amide bonds. The van der Waals surface area contributed by atoms with Gasteiger partial charge in [-0.15, -0.1) is 0 Å². The molecule has 0 saturated carbocycles. The molecule has 152 valence electrons. The number of imidazole rings is 1. The lowest BCUT2D eigenvalue weighted by Crippen LogP contribution is -2.20. The number of methoxy groups -OCH3 is 1. The molecule has 7 nitrogen and oxygen atoms in total. The minimum Gasteiger partial charge on any atom is -0.496 e. The summed E-state index contributed by atoms with van der Waals surface area (Å²) in [7, 11) is 1.54. The lowest BCUT2D eigenvalue weighted by Gasteiger charge is -2.23. The second-order valence-electron chi connectivity index (χ2n) is 6.90. The Morgan fingerprint density at radius 1 is 1.23 bits per heavy atom. The van der Waals surface area contributed by atoms with Crippen LogP contribution in [0.4, 0.5) is 0 Å². The van der Waals surface area contributed by atoms with Crippen LogP contribution in [0.25, 0.3) is 10.9 Å². The molecule has 0 spiro atoms. The van der Waals surface area contributed by atoms with Gasteiger partial charge in [0.2, 0.25) is 5.43 Å². The van der Waals surface area contributed by atoms with E-state index in [1.54, 1.807) is 30.3 Å². The Morgan fingerprint density at radius 3 is 2.60 bits per heavy atom.